The van der Waals surface area contributed by atoms with Crippen LogP contribution in [0, 0.1) is 11.8 Å². The van der Waals surface area contributed by atoms with Gasteiger partial charge in [0.25, 0.3) is 0 Å². The molecule has 4 nitrogen and oxygen atoms in total. The maximum absolute atomic E-state index is 12.3. The van der Waals surface area contributed by atoms with Gasteiger partial charge in [-0.25, -0.2) is 0 Å². The van der Waals surface area contributed by atoms with Crippen LogP contribution in [0.25, 0.3) is 6.08 Å². The summed E-state index contributed by atoms with van der Waals surface area (Å²) in [4.78, 5) is 14.3. The van der Waals surface area contributed by atoms with E-state index in [9.17, 15) is 4.79 Å². The van der Waals surface area contributed by atoms with Crippen LogP contribution in [0.15, 0.2) is 24.3 Å². The summed E-state index contributed by atoms with van der Waals surface area (Å²) in [6.45, 7) is 6.10. The minimum absolute atomic E-state index is 0.0770. The van der Waals surface area contributed by atoms with Gasteiger partial charge in [0, 0.05) is 19.2 Å². The second-order valence-corrected chi connectivity index (χ2v) is 6.14. The molecule has 22 heavy (non-hydrogen) atoms. The first-order valence-electron chi connectivity index (χ1n) is 7.72. The molecular weight excluding hydrogens is 278 g/mol. The number of hydrogen-bond acceptors (Lipinski definition) is 3. The molecule has 0 N–H and O–H groups in total. The molecule has 4 heteroatoms. The summed E-state index contributed by atoms with van der Waals surface area (Å²) in [7, 11) is 3.21. The molecule has 1 aliphatic rings. The predicted octanol–water partition coefficient (Wildman–Crippen LogP) is 3.22. The van der Waals surface area contributed by atoms with E-state index in [-0.39, 0.29) is 5.91 Å². The lowest BCUT2D eigenvalue weighted by molar-refractivity contribution is -0.128. The topological polar surface area (TPSA) is 38.8 Å². The third-order valence-electron chi connectivity index (χ3n) is 4.01. The van der Waals surface area contributed by atoms with E-state index in [0.717, 1.165) is 18.7 Å². The van der Waals surface area contributed by atoms with E-state index in [1.54, 1.807) is 20.3 Å². The summed E-state index contributed by atoms with van der Waals surface area (Å²) in [6, 6.07) is 5.62. The van der Waals surface area contributed by atoms with Gasteiger partial charge < -0.3 is 14.4 Å². The quantitative estimate of drug-likeness (QED) is 0.802. The fraction of sp³-hybridized carbons (Fsp3) is 0.500. The zero-order valence-electron chi connectivity index (χ0n) is 13.8. The van der Waals surface area contributed by atoms with Gasteiger partial charge in [-0.1, -0.05) is 19.9 Å². The predicted molar refractivity (Wildman–Crippen MR) is 88.1 cm³/mol. The summed E-state index contributed by atoms with van der Waals surface area (Å²) in [5.74, 6) is 2.57. The van der Waals surface area contributed by atoms with Crippen LogP contribution < -0.4 is 9.47 Å². The molecule has 2 atom stereocenters. The molecule has 120 valence electrons. The fourth-order valence-electron chi connectivity index (χ4n) is 3.07. The second kappa shape index (κ2) is 7.34. The number of rotatable bonds is 4. The van der Waals surface area contributed by atoms with Crippen molar-refractivity contribution in [2.24, 2.45) is 11.8 Å². The summed E-state index contributed by atoms with van der Waals surface area (Å²) in [5.41, 5.74) is 0.920. The maximum Gasteiger partial charge on any atom is 0.246 e. The number of benzene rings is 1. The van der Waals surface area contributed by atoms with Crippen LogP contribution in [0.3, 0.4) is 0 Å². The highest BCUT2D eigenvalue weighted by molar-refractivity contribution is 5.92. The first-order valence-corrected chi connectivity index (χ1v) is 7.72. The highest BCUT2D eigenvalue weighted by Gasteiger charge is 2.23. The Hall–Kier alpha value is -1.97. The fourth-order valence-corrected chi connectivity index (χ4v) is 3.07. The van der Waals surface area contributed by atoms with Gasteiger partial charge in [0.2, 0.25) is 5.91 Å². The highest BCUT2D eigenvalue weighted by atomic mass is 16.5. The van der Waals surface area contributed by atoms with Crippen LogP contribution in [0.4, 0.5) is 0 Å². The first kappa shape index (κ1) is 16.4. The third kappa shape index (κ3) is 4.03. The van der Waals surface area contributed by atoms with Crippen molar-refractivity contribution in [1.82, 2.24) is 4.90 Å². The number of hydrogen-bond donors (Lipinski definition) is 0. The number of amides is 1. The Kier molecular flexibility index (Phi) is 5.47. The Morgan fingerprint density at radius 3 is 2.36 bits per heavy atom. The van der Waals surface area contributed by atoms with Crippen LogP contribution in [0.1, 0.15) is 25.8 Å². The van der Waals surface area contributed by atoms with E-state index in [4.69, 9.17) is 9.47 Å². The van der Waals surface area contributed by atoms with Gasteiger partial charge in [0.05, 0.1) is 14.2 Å². The lowest BCUT2D eigenvalue weighted by Crippen LogP contribution is -2.41. The molecule has 1 aromatic rings. The molecule has 2 rings (SSSR count). The number of piperidine rings is 1. The summed E-state index contributed by atoms with van der Waals surface area (Å²) in [6.07, 6.45) is 4.67. The Bertz CT molecular complexity index is 543. The van der Waals surface area contributed by atoms with Crippen molar-refractivity contribution in [3.63, 3.8) is 0 Å². The molecular formula is C18H25NO3. The lowest BCUT2D eigenvalue weighted by atomic mass is 9.92. The average molecular weight is 303 g/mol. The molecule has 1 amide bonds. The monoisotopic (exact) mass is 303 g/mol. The number of ether oxygens (including phenoxy) is 2. The van der Waals surface area contributed by atoms with E-state index in [0.29, 0.717) is 23.3 Å². The molecule has 2 unspecified atom stereocenters. The Labute approximate surface area is 132 Å². The number of nitrogens with zero attached hydrogens (tertiary/aromatic N) is 1. The number of carbonyl (C=O) groups is 1. The largest absolute Gasteiger partial charge is 0.493 e. The Balaban J connectivity index is 2.06. The van der Waals surface area contributed by atoms with Gasteiger partial charge in [0.15, 0.2) is 11.5 Å². The normalized spacial score (nSPS) is 21.9. The standard InChI is InChI=1S/C18H25NO3/c1-13-9-14(2)12-19(11-13)18(20)8-6-15-5-7-16(21-3)17(10-15)22-4/h5-8,10,13-14H,9,11-12H2,1-4H3/b8-6+. The van der Waals surface area contributed by atoms with Crippen LogP contribution in [0.2, 0.25) is 0 Å². The van der Waals surface area contributed by atoms with Crippen molar-refractivity contribution in [2.45, 2.75) is 20.3 Å². The van der Waals surface area contributed by atoms with Crippen LogP contribution in [-0.2, 0) is 4.79 Å². The average Bonchev–Trinajstić information content (AvgIpc) is 2.51. The van der Waals surface area contributed by atoms with Crippen molar-refractivity contribution < 1.29 is 14.3 Å². The van der Waals surface area contributed by atoms with Gasteiger partial charge >= 0.3 is 0 Å². The van der Waals surface area contributed by atoms with E-state index in [1.165, 1.54) is 6.42 Å². The molecule has 1 saturated heterocycles. The van der Waals surface area contributed by atoms with Gasteiger partial charge in [-0.05, 0) is 42.0 Å². The van der Waals surface area contributed by atoms with Crippen molar-refractivity contribution >= 4 is 12.0 Å². The van der Waals surface area contributed by atoms with Gasteiger partial charge in [-0.2, -0.15) is 0 Å². The summed E-state index contributed by atoms with van der Waals surface area (Å²) >= 11 is 0. The maximum atomic E-state index is 12.3. The molecule has 0 saturated carbocycles. The SMILES string of the molecule is COc1ccc(/C=C/C(=O)N2CC(C)CC(C)C2)cc1OC. The van der Waals surface area contributed by atoms with Gasteiger partial charge in [-0.15, -0.1) is 0 Å². The van der Waals surface area contributed by atoms with Crippen molar-refractivity contribution in [1.29, 1.82) is 0 Å². The second-order valence-electron chi connectivity index (χ2n) is 6.14. The number of carbonyl (C=O) groups excluding carboxylic acids is 1. The molecule has 0 aromatic heterocycles. The Morgan fingerprint density at radius 1 is 1.14 bits per heavy atom. The van der Waals surface area contributed by atoms with Gasteiger partial charge in [-0.3, -0.25) is 4.79 Å². The zero-order valence-corrected chi connectivity index (χ0v) is 13.8. The minimum atomic E-state index is 0.0770. The number of likely N-dealkylation sites (tertiary alicyclic amines) is 1. The van der Waals surface area contributed by atoms with Crippen LogP contribution in [0.5, 0.6) is 11.5 Å². The zero-order chi connectivity index (χ0) is 16.1. The summed E-state index contributed by atoms with van der Waals surface area (Å²) < 4.78 is 10.5. The molecule has 1 fully saturated rings. The third-order valence-corrected chi connectivity index (χ3v) is 4.01. The molecule has 1 heterocycles. The molecule has 1 aromatic carbocycles. The van der Waals surface area contributed by atoms with E-state index >= 15 is 0 Å². The first-order chi connectivity index (χ1) is 10.5. The highest BCUT2D eigenvalue weighted by Crippen LogP contribution is 2.28. The summed E-state index contributed by atoms with van der Waals surface area (Å²) in [5, 5.41) is 0. The van der Waals surface area contributed by atoms with E-state index < -0.39 is 0 Å². The molecule has 0 bridgehead atoms. The molecule has 1 aliphatic heterocycles. The van der Waals surface area contributed by atoms with E-state index in [1.807, 2.05) is 29.2 Å². The Morgan fingerprint density at radius 2 is 1.77 bits per heavy atom. The number of methoxy groups -OCH3 is 2. The van der Waals surface area contributed by atoms with E-state index in [2.05, 4.69) is 13.8 Å². The molecule has 0 aliphatic carbocycles. The minimum Gasteiger partial charge on any atom is -0.493 e. The molecule has 0 radical (unpaired) electrons. The van der Waals surface area contributed by atoms with Crippen LogP contribution >= 0.6 is 0 Å². The van der Waals surface area contributed by atoms with Crippen LogP contribution in [-0.4, -0.2) is 38.1 Å². The van der Waals surface area contributed by atoms with Crippen molar-refractivity contribution in [3.05, 3.63) is 29.8 Å². The lowest BCUT2D eigenvalue weighted by Gasteiger charge is -2.34. The van der Waals surface area contributed by atoms with Crippen molar-refractivity contribution in [2.75, 3.05) is 27.3 Å². The molecule has 0 spiro atoms. The van der Waals surface area contributed by atoms with Gasteiger partial charge in [0.1, 0.15) is 0 Å². The van der Waals surface area contributed by atoms with Crippen molar-refractivity contribution in [3.8, 4) is 11.5 Å². The smallest absolute Gasteiger partial charge is 0.246 e.